The van der Waals surface area contributed by atoms with E-state index in [9.17, 15) is 13.2 Å². The molecule has 1 aromatic rings. The Morgan fingerprint density at radius 2 is 2.10 bits per heavy atom. The summed E-state index contributed by atoms with van der Waals surface area (Å²) in [6.07, 6.45) is 4.45. The molecule has 21 heavy (non-hydrogen) atoms. The van der Waals surface area contributed by atoms with Gasteiger partial charge in [-0.2, -0.15) is 0 Å². The molecule has 0 radical (unpaired) electrons. The molecule has 1 saturated carbocycles. The number of nitrogens with zero attached hydrogens (tertiary/aromatic N) is 1. The molecule has 2 nitrogen and oxygen atoms in total. The molecule has 1 N–H and O–H groups in total. The molecule has 0 aromatic heterocycles. The lowest BCUT2D eigenvalue weighted by atomic mass is 9.78. The van der Waals surface area contributed by atoms with Gasteiger partial charge in [-0.05, 0) is 30.9 Å². The van der Waals surface area contributed by atoms with Crippen LogP contribution in [0.2, 0.25) is 0 Å². The Morgan fingerprint density at radius 1 is 1.29 bits per heavy atom. The second-order valence-electron chi connectivity index (χ2n) is 5.98. The Labute approximate surface area is 126 Å². The monoisotopic (exact) mass is 314 g/mol. The van der Waals surface area contributed by atoms with Crippen molar-refractivity contribution in [1.29, 1.82) is 0 Å². The molecule has 114 valence electrons. The van der Waals surface area contributed by atoms with Gasteiger partial charge in [0.1, 0.15) is 0 Å². The Morgan fingerprint density at radius 3 is 2.86 bits per heavy atom. The molecule has 2 aliphatic rings. The molecule has 0 bridgehead atoms. The van der Waals surface area contributed by atoms with Gasteiger partial charge in [0.25, 0.3) is 0 Å². The molecule has 0 saturated heterocycles. The van der Waals surface area contributed by atoms with Crippen molar-refractivity contribution in [1.82, 2.24) is 0 Å². The summed E-state index contributed by atoms with van der Waals surface area (Å²) in [5, 5.41) is 3.39. The van der Waals surface area contributed by atoms with Crippen molar-refractivity contribution in [3.8, 4) is 0 Å². The first kappa shape index (κ1) is 14.8. The number of nitrogens with one attached hydrogen (secondary N) is 1. The molecule has 2 atom stereocenters. The zero-order chi connectivity index (χ0) is 15.0. The Hall–Kier alpha value is -1.17. The van der Waals surface area contributed by atoms with E-state index in [1.54, 1.807) is 0 Å². The van der Waals surface area contributed by atoms with Gasteiger partial charge >= 0.3 is 0 Å². The predicted octanol–water partition coefficient (Wildman–Crippen LogP) is 4.57. The number of thioether (sulfide) groups is 1. The van der Waals surface area contributed by atoms with Crippen molar-refractivity contribution >= 4 is 22.6 Å². The van der Waals surface area contributed by atoms with Crippen molar-refractivity contribution in [2.24, 2.45) is 10.9 Å². The topological polar surface area (TPSA) is 24.4 Å². The van der Waals surface area contributed by atoms with Crippen molar-refractivity contribution in [2.45, 2.75) is 38.1 Å². The van der Waals surface area contributed by atoms with Crippen molar-refractivity contribution in [2.75, 3.05) is 11.1 Å². The standard InChI is InChI=1S/C15H17F3N2S/c1-9-3-2-6-15(7-9)8-21-14(20-15)19-11-5-4-10(16)12(17)13(11)18/h4-5,9H,2-3,6-8H2,1H3,(H,19,20). The van der Waals surface area contributed by atoms with Gasteiger partial charge in [-0.3, -0.25) is 4.99 Å². The van der Waals surface area contributed by atoms with Crippen LogP contribution in [0.4, 0.5) is 18.9 Å². The SMILES string of the molecule is CC1CCCC2(CSC(Nc3ccc(F)c(F)c3F)=N2)C1. The molecule has 1 aliphatic heterocycles. The first-order valence-corrected chi connectivity index (χ1v) is 8.11. The number of anilines is 1. The average molecular weight is 314 g/mol. The van der Waals surface area contributed by atoms with E-state index in [2.05, 4.69) is 12.2 Å². The van der Waals surface area contributed by atoms with Gasteiger partial charge in [0, 0.05) is 5.75 Å². The molecule has 2 unspecified atom stereocenters. The Bertz CT molecular complexity index is 591. The van der Waals surface area contributed by atoms with Gasteiger partial charge in [-0.1, -0.05) is 31.5 Å². The van der Waals surface area contributed by atoms with E-state index in [0.717, 1.165) is 31.1 Å². The van der Waals surface area contributed by atoms with E-state index in [4.69, 9.17) is 4.99 Å². The van der Waals surface area contributed by atoms with Crippen LogP contribution in [0.15, 0.2) is 17.1 Å². The smallest absolute Gasteiger partial charge is 0.196 e. The van der Waals surface area contributed by atoms with E-state index in [1.165, 1.54) is 24.2 Å². The average Bonchev–Trinajstić information content (AvgIpc) is 2.82. The third-order valence-corrected chi connectivity index (χ3v) is 5.31. The summed E-state index contributed by atoms with van der Waals surface area (Å²) >= 11 is 1.52. The molecule has 1 spiro atoms. The number of aliphatic imine (C=N–C) groups is 1. The molecule has 0 amide bonds. The van der Waals surface area contributed by atoms with E-state index in [1.807, 2.05) is 0 Å². The highest BCUT2D eigenvalue weighted by Gasteiger charge is 2.39. The van der Waals surface area contributed by atoms with E-state index >= 15 is 0 Å². The summed E-state index contributed by atoms with van der Waals surface area (Å²) in [7, 11) is 0. The summed E-state index contributed by atoms with van der Waals surface area (Å²) in [6.45, 7) is 2.22. The first-order valence-electron chi connectivity index (χ1n) is 7.12. The Balaban J connectivity index is 1.79. The fraction of sp³-hybridized carbons (Fsp3) is 0.533. The maximum atomic E-state index is 13.7. The fourth-order valence-electron chi connectivity index (χ4n) is 3.15. The number of halogens is 3. The van der Waals surface area contributed by atoms with E-state index in [-0.39, 0.29) is 11.2 Å². The summed E-state index contributed by atoms with van der Waals surface area (Å²) in [6, 6.07) is 2.12. The van der Waals surface area contributed by atoms with Gasteiger partial charge in [-0.25, -0.2) is 13.2 Å². The van der Waals surface area contributed by atoms with Gasteiger partial charge in [0.15, 0.2) is 22.6 Å². The van der Waals surface area contributed by atoms with Crippen LogP contribution >= 0.6 is 11.8 Å². The van der Waals surface area contributed by atoms with Crippen LogP contribution in [0.25, 0.3) is 0 Å². The van der Waals surface area contributed by atoms with Gasteiger partial charge in [0.2, 0.25) is 0 Å². The van der Waals surface area contributed by atoms with Gasteiger partial charge < -0.3 is 5.32 Å². The number of amidine groups is 1. The fourth-order valence-corrected chi connectivity index (χ4v) is 4.32. The lowest BCUT2D eigenvalue weighted by Gasteiger charge is -2.33. The summed E-state index contributed by atoms with van der Waals surface area (Å²) in [5.74, 6) is -2.33. The zero-order valence-electron chi connectivity index (χ0n) is 11.8. The summed E-state index contributed by atoms with van der Waals surface area (Å²) in [4.78, 5) is 4.70. The molecule has 1 fully saturated rings. The quantitative estimate of drug-likeness (QED) is 0.768. The van der Waals surface area contributed by atoms with Gasteiger partial charge in [-0.15, -0.1) is 0 Å². The van der Waals surface area contributed by atoms with Crippen molar-refractivity contribution in [3.05, 3.63) is 29.6 Å². The third kappa shape index (κ3) is 2.91. The highest BCUT2D eigenvalue weighted by molar-refractivity contribution is 8.14. The summed E-state index contributed by atoms with van der Waals surface area (Å²) < 4.78 is 39.8. The second kappa shape index (κ2) is 5.55. The van der Waals surface area contributed by atoms with Crippen LogP contribution < -0.4 is 5.32 Å². The molecule has 1 aliphatic carbocycles. The van der Waals surface area contributed by atoms with Crippen LogP contribution in [-0.2, 0) is 0 Å². The number of benzene rings is 1. The van der Waals surface area contributed by atoms with Crippen LogP contribution in [0, 0.1) is 23.4 Å². The molecule has 3 rings (SSSR count). The summed E-state index contributed by atoms with van der Waals surface area (Å²) in [5.41, 5.74) is -0.138. The number of rotatable bonds is 1. The van der Waals surface area contributed by atoms with E-state index in [0.29, 0.717) is 11.1 Å². The minimum absolute atomic E-state index is 0.0685. The van der Waals surface area contributed by atoms with Crippen molar-refractivity contribution in [3.63, 3.8) is 0 Å². The molecular weight excluding hydrogens is 297 g/mol. The lowest BCUT2D eigenvalue weighted by Crippen LogP contribution is -2.33. The van der Waals surface area contributed by atoms with Crippen LogP contribution in [0.3, 0.4) is 0 Å². The maximum absolute atomic E-state index is 13.7. The minimum Gasteiger partial charge on any atom is -0.332 e. The maximum Gasteiger partial charge on any atom is 0.196 e. The number of hydrogen-bond acceptors (Lipinski definition) is 3. The normalized spacial score (nSPS) is 28.8. The highest BCUT2D eigenvalue weighted by atomic mass is 32.2. The third-order valence-electron chi connectivity index (χ3n) is 4.16. The van der Waals surface area contributed by atoms with Gasteiger partial charge in [0.05, 0.1) is 11.2 Å². The molecule has 1 heterocycles. The van der Waals surface area contributed by atoms with Crippen LogP contribution in [0.5, 0.6) is 0 Å². The van der Waals surface area contributed by atoms with E-state index < -0.39 is 17.5 Å². The molecular formula is C15H17F3N2S. The zero-order valence-corrected chi connectivity index (χ0v) is 12.6. The minimum atomic E-state index is -1.45. The van der Waals surface area contributed by atoms with Crippen molar-refractivity contribution < 1.29 is 13.2 Å². The molecule has 6 heteroatoms. The second-order valence-corrected chi connectivity index (χ2v) is 6.94. The predicted molar refractivity (Wildman–Crippen MR) is 80.2 cm³/mol. The van der Waals surface area contributed by atoms with Crippen LogP contribution in [-0.4, -0.2) is 16.5 Å². The largest absolute Gasteiger partial charge is 0.332 e. The van der Waals surface area contributed by atoms with Crippen LogP contribution in [0.1, 0.15) is 32.6 Å². The highest BCUT2D eigenvalue weighted by Crippen LogP contribution is 2.42. The number of hydrogen-bond donors (Lipinski definition) is 1. The Kier molecular flexibility index (Phi) is 3.90. The lowest BCUT2D eigenvalue weighted by molar-refractivity contribution is 0.266. The molecule has 1 aromatic carbocycles. The first-order chi connectivity index (χ1) is 9.99.